The van der Waals surface area contributed by atoms with Gasteiger partial charge in [-0.2, -0.15) is 9.97 Å². The molecule has 1 heterocycles. The number of nitro groups is 1. The van der Waals surface area contributed by atoms with Crippen LogP contribution in [0.2, 0.25) is 0 Å². The first-order valence-electron chi connectivity index (χ1n) is 4.54. The van der Waals surface area contributed by atoms with E-state index in [1.807, 2.05) is 0 Å². The van der Waals surface area contributed by atoms with Crippen molar-refractivity contribution < 1.29 is 9.66 Å². The minimum Gasteiger partial charge on any atom is -0.460 e. The third kappa shape index (κ3) is 2.18. The van der Waals surface area contributed by atoms with E-state index < -0.39 is 4.92 Å². The van der Waals surface area contributed by atoms with E-state index in [1.54, 1.807) is 0 Å². The Labute approximate surface area is 85.4 Å². The molecule has 0 amide bonds. The standard InChI is InChI=1S/C8H10N4O3/c9-5-1-7(2-5)15-8-10-3-6(4-11-8)12(13)14/h3-5,7H,1-2,9H2. The van der Waals surface area contributed by atoms with Crippen molar-refractivity contribution in [2.45, 2.75) is 25.0 Å². The Kier molecular flexibility index (Phi) is 2.46. The maximum Gasteiger partial charge on any atom is 0.317 e. The van der Waals surface area contributed by atoms with E-state index >= 15 is 0 Å². The summed E-state index contributed by atoms with van der Waals surface area (Å²) in [6.45, 7) is 0. The zero-order valence-electron chi connectivity index (χ0n) is 7.87. The first kappa shape index (κ1) is 9.78. The summed E-state index contributed by atoms with van der Waals surface area (Å²) in [6.07, 6.45) is 3.85. The lowest BCUT2D eigenvalue weighted by Gasteiger charge is -2.31. The van der Waals surface area contributed by atoms with Crippen LogP contribution in [-0.2, 0) is 0 Å². The minimum atomic E-state index is -0.553. The van der Waals surface area contributed by atoms with Crippen LogP contribution in [0.3, 0.4) is 0 Å². The molecule has 1 aromatic rings. The molecule has 0 aliphatic heterocycles. The third-order valence-electron chi connectivity index (χ3n) is 2.23. The van der Waals surface area contributed by atoms with Crippen molar-refractivity contribution >= 4 is 5.69 Å². The highest BCUT2D eigenvalue weighted by molar-refractivity contribution is 5.22. The van der Waals surface area contributed by atoms with Gasteiger partial charge in [-0.25, -0.2) is 0 Å². The fraction of sp³-hybridized carbons (Fsp3) is 0.500. The molecule has 0 radical (unpaired) electrons. The molecule has 15 heavy (non-hydrogen) atoms. The summed E-state index contributed by atoms with van der Waals surface area (Å²) in [6, 6.07) is 0.352. The van der Waals surface area contributed by atoms with Gasteiger partial charge in [0.15, 0.2) is 0 Å². The lowest BCUT2D eigenvalue weighted by molar-refractivity contribution is -0.385. The van der Waals surface area contributed by atoms with Crippen LogP contribution < -0.4 is 10.5 Å². The van der Waals surface area contributed by atoms with Gasteiger partial charge in [0.05, 0.1) is 4.92 Å². The van der Waals surface area contributed by atoms with Crippen LogP contribution in [0.5, 0.6) is 6.01 Å². The second-order valence-corrected chi connectivity index (χ2v) is 3.45. The second-order valence-electron chi connectivity index (χ2n) is 3.45. The van der Waals surface area contributed by atoms with Crippen LogP contribution in [-0.4, -0.2) is 27.0 Å². The molecule has 0 spiro atoms. The van der Waals surface area contributed by atoms with Gasteiger partial charge in [-0.3, -0.25) is 10.1 Å². The first-order chi connectivity index (χ1) is 7.15. The van der Waals surface area contributed by atoms with E-state index in [0.717, 1.165) is 25.2 Å². The van der Waals surface area contributed by atoms with Gasteiger partial charge in [0.2, 0.25) is 0 Å². The normalized spacial score (nSPS) is 24.3. The van der Waals surface area contributed by atoms with Crippen LogP contribution >= 0.6 is 0 Å². The zero-order valence-corrected chi connectivity index (χ0v) is 7.87. The molecule has 7 heteroatoms. The smallest absolute Gasteiger partial charge is 0.317 e. The summed E-state index contributed by atoms with van der Waals surface area (Å²) in [5.74, 6) is 0. The van der Waals surface area contributed by atoms with Gasteiger partial charge in [-0.15, -0.1) is 0 Å². The van der Waals surface area contributed by atoms with Gasteiger partial charge < -0.3 is 10.5 Å². The molecule has 80 valence electrons. The summed E-state index contributed by atoms with van der Waals surface area (Å²) in [7, 11) is 0. The van der Waals surface area contributed by atoms with Gasteiger partial charge in [0, 0.05) is 6.04 Å². The summed E-state index contributed by atoms with van der Waals surface area (Å²) in [5, 5.41) is 10.3. The van der Waals surface area contributed by atoms with Crippen molar-refractivity contribution in [2.24, 2.45) is 5.73 Å². The first-order valence-corrected chi connectivity index (χ1v) is 4.54. The van der Waals surface area contributed by atoms with E-state index in [1.165, 1.54) is 0 Å². The highest BCUT2D eigenvalue weighted by atomic mass is 16.6. The van der Waals surface area contributed by atoms with Gasteiger partial charge in [-0.05, 0) is 12.8 Å². The lowest BCUT2D eigenvalue weighted by Crippen LogP contribution is -2.43. The number of hydrogen-bond acceptors (Lipinski definition) is 6. The van der Waals surface area contributed by atoms with Gasteiger partial charge >= 0.3 is 11.7 Å². The molecule has 7 nitrogen and oxygen atoms in total. The van der Waals surface area contributed by atoms with Gasteiger partial charge in [0.25, 0.3) is 0 Å². The summed E-state index contributed by atoms with van der Waals surface area (Å²) >= 11 is 0. The molecule has 1 fully saturated rings. The van der Waals surface area contributed by atoms with Crippen molar-refractivity contribution in [3.8, 4) is 6.01 Å². The molecular weight excluding hydrogens is 200 g/mol. The van der Waals surface area contributed by atoms with E-state index in [0.29, 0.717) is 0 Å². The quantitative estimate of drug-likeness (QED) is 0.566. The number of rotatable bonds is 3. The molecule has 0 atom stereocenters. The van der Waals surface area contributed by atoms with Crippen LogP contribution in [0.1, 0.15) is 12.8 Å². The average molecular weight is 210 g/mol. The summed E-state index contributed by atoms with van der Waals surface area (Å²) in [5.41, 5.74) is 5.43. The number of nitrogens with zero attached hydrogens (tertiary/aromatic N) is 3. The van der Waals surface area contributed by atoms with Gasteiger partial charge in [0.1, 0.15) is 18.5 Å². The Morgan fingerprint density at radius 2 is 2.07 bits per heavy atom. The number of hydrogen-bond donors (Lipinski definition) is 1. The fourth-order valence-corrected chi connectivity index (χ4v) is 1.32. The Morgan fingerprint density at radius 3 is 2.53 bits per heavy atom. The molecule has 2 N–H and O–H groups in total. The van der Waals surface area contributed by atoms with Crippen molar-refractivity contribution in [1.82, 2.24) is 9.97 Å². The predicted molar refractivity (Wildman–Crippen MR) is 50.3 cm³/mol. The molecule has 1 aliphatic carbocycles. The lowest BCUT2D eigenvalue weighted by atomic mass is 9.90. The average Bonchev–Trinajstić information content (AvgIpc) is 2.16. The maximum absolute atomic E-state index is 10.3. The zero-order chi connectivity index (χ0) is 10.8. The highest BCUT2D eigenvalue weighted by Gasteiger charge is 2.28. The summed E-state index contributed by atoms with van der Waals surface area (Å²) in [4.78, 5) is 17.2. The second kappa shape index (κ2) is 3.77. The van der Waals surface area contributed by atoms with Crippen LogP contribution in [0.4, 0.5) is 5.69 Å². The Balaban J connectivity index is 1.95. The monoisotopic (exact) mass is 210 g/mol. The highest BCUT2D eigenvalue weighted by Crippen LogP contribution is 2.22. The molecule has 1 aliphatic rings. The van der Waals surface area contributed by atoms with E-state index in [9.17, 15) is 10.1 Å². The molecule has 0 saturated heterocycles. The minimum absolute atomic E-state index is 0.0430. The topological polar surface area (TPSA) is 104 Å². The van der Waals surface area contributed by atoms with E-state index in [4.69, 9.17) is 10.5 Å². The maximum atomic E-state index is 10.3. The molecule has 2 rings (SSSR count). The number of ether oxygens (including phenoxy) is 1. The molecule has 0 unspecified atom stereocenters. The van der Waals surface area contributed by atoms with Crippen molar-refractivity contribution in [3.63, 3.8) is 0 Å². The summed E-state index contributed by atoms with van der Waals surface area (Å²) < 4.78 is 5.33. The third-order valence-corrected chi connectivity index (χ3v) is 2.23. The number of nitrogens with two attached hydrogens (primary N) is 1. The fourth-order valence-electron chi connectivity index (χ4n) is 1.32. The molecule has 0 aromatic carbocycles. The van der Waals surface area contributed by atoms with Gasteiger partial charge in [-0.1, -0.05) is 0 Å². The van der Waals surface area contributed by atoms with Crippen LogP contribution in [0, 0.1) is 10.1 Å². The van der Waals surface area contributed by atoms with Crippen LogP contribution in [0.25, 0.3) is 0 Å². The number of aromatic nitrogens is 2. The van der Waals surface area contributed by atoms with Crippen molar-refractivity contribution in [2.75, 3.05) is 0 Å². The molecular formula is C8H10N4O3. The molecule has 1 aromatic heterocycles. The van der Waals surface area contributed by atoms with Crippen LogP contribution in [0.15, 0.2) is 12.4 Å². The molecule has 1 saturated carbocycles. The van der Waals surface area contributed by atoms with Crippen molar-refractivity contribution in [3.05, 3.63) is 22.5 Å². The largest absolute Gasteiger partial charge is 0.460 e. The van der Waals surface area contributed by atoms with Crippen molar-refractivity contribution in [1.29, 1.82) is 0 Å². The Bertz CT molecular complexity index is 361. The van der Waals surface area contributed by atoms with E-state index in [-0.39, 0.29) is 23.8 Å². The van der Waals surface area contributed by atoms with E-state index in [2.05, 4.69) is 9.97 Å². The SMILES string of the molecule is NC1CC(Oc2ncc([N+](=O)[O-])cn2)C1. The Hall–Kier alpha value is -1.76. The molecule has 0 bridgehead atoms. The Morgan fingerprint density at radius 1 is 1.47 bits per heavy atom. The predicted octanol–water partition coefficient (Wildman–Crippen LogP) is 0.253.